The summed E-state index contributed by atoms with van der Waals surface area (Å²) in [5.41, 5.74) is -0.170. The van der Waals surface area contributed by atoms with Crippen LogP contribution in [-0.2, 0) is 10.0 Å². The molecule has 1 saturated heterocycles. The number of hydrogen-bond acceptors (Lipinski definition) is 4. The molecule has 0 atom stereocenters. The Labute approximate surface area is 202 Å². The lowest BCUT2D eigenvalue weighted by Crippen LogP contribution is -2.59. The number of nitrogens with zero attached hydrogens (tertiary/aromatic N) is 2. The Balaban J connectivity index is 0.00000306. The standard InChI is InChI=1S/C24H34F2N2O3S.ClH/c1-2-18-32(30,31)28-16-14-27(15-17-28)24(12-10-23(8-9-23)11-13-24)7-6-21(29)22-19(25)4-3-5-20(22)26;/h3-5H,2,6-18H2,1H3;1H. The highest BCUT2D eigenvalue weighted by molar-refractivity contribution is 7.89. The predicted molar refractivity (Wildman–Crippen MR) is 127 cm³/mol. The third-order valence-corrected chi connectivity index (χ3v) is 10.1. The Morgan fingerprint density at radius 3 is 2.03 bits per heavy atom. The quantitative estimate of drug-likeness (QED) is 0.477. The third kappa shape index (κ3) is 5.60. The minimum absolute atomic E-state index is 0. The van der Waals surface area contributed by atoms with Crippen LogP contribution in [-0.4, -0.2) is 60.9 Å². The molecule has 9 heteroatoms. The number of carbonyl (C=O) groups is 1. The van der Waals surface area contributed by atoms with Gasteiger partial charge in [-0.05, 0) is 68.9 Å². The molecule has 3 fully saturated rings. The van der Waals surface area contributed by atoms with Crippen molar-refractivity contribution in [2.24, 2.45) is 5.41 Å². The molecule has 186 valence electrons. The Hall–Kier alpha value is -1.09. The lowest BCUT2D eigenvalue weighted by atomic mass is 9.71. The van der Waals surface area contributed by atoms with Crippen molar-refractivity contribution in [2.45, 2.75) is 70.3 Å². The van der Waals surface area contributed by atoms with E-state index in [1.807, 2.05) is 6.92 Å². The van der Waals surface area contributed by atoms with Crippen molar-refractivity contribution < 1.29 is 22.0 Å². The fraction of sp³-hybridized carbons (Fsp3) is 0.708. The number of benzene rings is 1. The van der Waals surface area contributed by atoms with Crippen molar-refractivity contribution in [3.63, 3.8) is 0 Å². The SMILES string of the molecule is CCCS(=O)(=O)N1CCN(C2(CCC(=O)c3c(F)cccc3F)CCC3(CC3)CC2)CC1.Cl. The van der Waals surface area contributed by atoms with Crippen molar-refractivity contribution in [3.05, 3.63) is 35.4 Å². The van der Waals surface area contributed by atoms with E-state index in [-0.39, 0.29) is 30.1 Å². The summed E-state index contributed by atoms with van der Waals surface area (Å²) in [6.45, 7) is 4.07. The minimum atomic E-state index is -3.22. The summed E-state index contributed by atoms with van der Waals surface area (Å²) < 4.78 is 54.7. The van der Waals surface area contributed by atoms with Gasteiger partial charge in [-0.2, -0.15) is 4.31 Å². The van der Waals surface area contributed by atoms with E-state index in [2.05, 4.69) is 4.90 Å². The van der Waals surface area contributed by atoms with E-state index in [0.29, 0.717) is 44.4 Å². The second-order valence-electron chi connectivity index (χ2n) is 9.95. The molecule has 3 aliphatic rings. The summed E-state index contributed by atoms with van der Waals surface area (Å²) in [6, 6.07) is 3.52. The molecule has 0 bridgehead atoms. The van der Waals surface area contributed by atoms with Crippen LogP contribution in [0.4, 0.5) is 8.78 Å². The summed E-state index contributed by atoms with van der Waals surface area (Å²) in [6.07, 6.45) is 7.94. The van der Waals surface area contributed by atoms with E-state index in [4.69, 9.17) is 0 Å². The van der Waals surface area contributed by atoms with E-state index in [1.54, 1.807) is 4.31 Å². The van der Waals surface area contributed by atoms with Crippen molar-refractivity contribution >= 4 is 28.2 Å². The van der Waals surface area contributed by atoms with Gasteiger partial charge in [0.05, 0.1) is 11.3 Å². The number of Topliss-reactive ketones (excluding diaryl/α,β-unsaturated/α-hetero) is 1. The zero-order valence-corrected chi connectivity index (χ0v) is 21.0. The van der Waals surface area contributed by atoms with Crippen molar-refractivity contribution in [3.8, 4) is 0 Å². The minimum Gasteiger partial charge on any atom is -0.295 e. The lowest BCUT2D eigenvalue weighted by Gasteiger charge is -2.51. The molecule has 2 aliphatic carbocycles. The number of hydrogen-bond donors (Lipinski definition) is 0. The molecule has 4 rings (SSSR count). The van der Waals surface area contributed by atoms with Crippen LogP contribution in [0, 0.1) is 17.0 Å². The van der Waals surface area contributed by atoms with Crippen molar-refractivity contribution in [2.75, 3.05) is 31.9 Å². The second kappa shape index (κ2) is 10.3. The first-order valence-electron chi connectivity index (χ1n) is 11.9. The summed E-state index contributed by atoms with van der Waals surface area (Å²) >= 11 is 0. The number of rotatable bonds is 8. The molecule has 2 saturated carbocycles. The topological polar surface area (TPSA) is 57.7 Å². The lowest BCUT2D eigenvalue weighted by molar-refractivity contribution is 0.00224. The first-order chi connectivity index (χ1) is 15.2. The molecule has 0 radical (unpaired) electrons. The molecule has 1 aromatic rings. The summed E-state index contributed by atoms with van der Waals surface area (Å²) in [5.74, 6) is -1.93. The van der Waals surface area contributed by atoms with Crippen LogP contribution in [0.15, 0.2) is 18.2 Å². The third-order valence-electron chi connectivity index (χ3n) is 8.02. The van der Waals surface area contributed by atoms with Gasteiger partial charge in [0.25, 0.3) is 0 Å². The number of halogens is 3. The summed E-state index contributed by atoms with van der Waals surface area (Å²) in [4.78, 5) is 15.1. The van der Waals surface area contributed by atoms with Gasteiger partial charge in [0.1, 0.15) is 11.6 Å². The molecule has 5 nitrogen and oxygen atoms in total. The average Bonchev–Trinajstić information content (AvgIpc) is 3.53. The number of sulfonamides is 1. The van der Waals surface area contributed by atoms with Gasteiger partial charge in [0.2, 0.25) is 10.0 Å². The zero-order chi connectivity index (χ0) is 23.0. The Bertz CT molecular complexity index is 930. The molecule has 1 heterocycles. The average molecular weight is 505 g/mol. The molecule has 1 aromatic carbocycles. The van der Waals surface area contributed by atoms with Gasteiger partial charge < -0.3 is 0 Å². The first-order valence-corrected chi connectivity index (χ1v) is 13.5. The van der Waals surface area contributed by atoms with Gasteiger partial charge in [-0.25, -0.2) is 17.2 Å². The van der Waals surface area contributed by atoms with Crippen LogP contribution in [0.3, 0.4) is 0 Å². The second-order valence-corrected chi connectivity index (χ2v) is 12.0. The maximum atomic E-state index is 14.1. The van der Waals surface area contributed by atoms with Crippen LogP contribution in [0.1, 0.15) is 75.1 Å². The fourth-order valence-electron chi connectivity index (χ4n) is 5.71. The van der Waals surface area contributed by atoms with Crippen LogP contribution in [0.5, 0.6) is 0 Å². The maximum absolute atomic E-state index is 14.1. The van der Waals surface area contributed by atoms with Gasteiger partial charge in [-0.3, -0.25) is 9.69 Å². The molecule has 0 amide bonds. The summed E-state index contributed by atoms with van der Waals surface area (Å²) in [7, 11) is -3.22. The molecule has 0 N–H and O–H groups in total. The highest BCUT2D eigenvalue weighted by Crippen LogP contribution is 2.59. The summed E-state index contributed by atoms with van der Waals surface area (Å²) in [5, 5.41) is 0. The predicted octanol–water partition coefficient (Wildman–Crippen LogP) is 4.80. The molecular formula is C24H35ClF2N2O3S. The molecule has 0 aromatic heterocycles. The number of carbonyl (C=O) groups excluding carboxylic acids is 1. The van der Waals surface area contributed by atoms with E-state index in [1.165, 1.54) is 18.9 Å². The number of ketones is 1. The largest absolute Gasteiger partial charge is 0.295 e. The van der Waals surface area contributed by atoms with Crippen LogP contribution >= 0.6 is 12.4 Å². The normalized spacial score (nSPS) is 22.6. The molecule has 0 unspecified atom stereocenters. The molecule has 1 spiro atoms. The van der Waals surface area contributed by atoms with Gasteiger partial charge in [-0.1, -0.05) is 13.0 Å². The Kier molecular flexibility index (Phi) is 8.24. The van der Waals surface area contributed by atoms with Gasteiger partial charge in [0.15, 0.2) is 5.78 Å². The van der Waals surface area contributed by atoms with E-state index in [0.717, 1.165) is 37.8 Å². The van der Waals surface area contributed by atoms with Crippen LogP contribution in [0.2, 0.25) is 0 Å². The fourth-order valence-corrected chi connectivity index (χ4v) is 7.20. The Morgan fingerprint density at radius 2 is 1.52 bits per heavy atom. The highest BCUT2D eigenvalue weighted by Gasteiger charge is 2.51. The number of piperazine rings is 1. The van der Waals surface area contributed by atoms with E-state index in [9.17, 15) is 22.0 Å². The maximum Gasteiger partial charge on any atom is 0.214 e. The van der Waals surface area contributed by atoms with Crippen molar-refractivity contribution in [1.29, 1.82) is 0 Å². The monoisotopic (exact) mass is 504 g/mol. The molecule has 1 aliphatic heterocycles. The zero-order valence-electron chi connectivity index (χ0n) is 19.3. The molecule has 33 heavy (non-hydrogen) atoms. The smallest absolute Gasteiger partial charge is 0.214 e. The van der Waals surface area contributed by atoms with Crippen LogP contribution in [0.25, 0.3) is 0 Å². The van der Waals surface area contributed by atoms with Crippen molar-refractivity contribution in [1.82, 2.24) is 9.21 Å². The van der Waals surface area contributed by atoms with Gasteiger partial charge in [-0.15, -0.1) is 12.4 Å². The first kappa shape index (κ1) is 26.5. The van der Waals surface area contributed by atoms with Gasteiger partial charge >= 0.3 is 0 Å². The van der Waals surface area contributed by atoms with E-state index >= 15 is 0 Å². The highest BCUT2D eigenvalue weighted by atomic mass is 35.5. The van der Waals surface area contributed by atoms with E-state index < -0.39 is 33.0 Å². The van der Waals surface area contributed by atoms with Crippen LogP contribution < -0.4 is 0 Å². The Morgan fingerprint density at radius 1 is 0.970 bits per heavy atom. The molecular weight excluding hydrogens is 470 g/mol. The van der Waals surface area contributed by atoms with Gasteiger partial charge in [0, 0.05) is 38.1 Å².